The second-order valence-electron chi connectivity index (χ2n) is 3.99. The van der Waals surface area contributed by atoms with E-state index in [1.807, 2.05) is 0 Å². The molecule has 0 heterocycles. The predicted octanol–water partition coefficient (Wildman–Crippen LogP) is 1.46. The van der Waals surface area contributed by atoms with Crippen molar-refractivity contribution in [1.82, 2.24) is 9.62 Å². The maximum Gasteiger partial charge on any atom is 0.214 e. The number of sulfonamides is 1. The summed E-state index contributed by atoms with van der Waals surface area (Å²) < 4.78 is 37.6. The van der Waals surface area contributed by atoms with Gasteiger partial charge < -0.3 is 5.32 Å². The van der Waals surface area contributed by atoms with Crippen molar-refractivity contribution in [3.63, 3.8) is 0 Å². The van der Waals surface area contributed by atoms with Crippen LogP contribution in [0.15, 0.2) is 18.2 Å². The van der Waals surface area contributed by atoms with Crippen molar-refractivity contribution in [3.8, 4) is 0 Å². The Labute approximate surface area is 112 Å². The fourth-order valence-electron chi connectivity index (χ4n) is 1.29. The van der Waals surface area contributed by atoms with E-state index in [0.29, 0.717) is 5.56 Å². The van der Waals surface area contributed by atoms with E-state index in [-0.39, 0.29) is 23.9 Å². The Morgan fingerprint density at radius 1 is 1.39 bits per heavy atom. The fraction of sp³-hybridized carbons (Fsp3) is 0.455. The minimum atomic E-state index is -3.22. The van der Waals surface area contributed by atoms with Crippen LogP contribution in [-0.4, -0.2) is 39.1 Å². The second kappa shape index (κ2) is 6.47. The van der Waals surface area contributed by atoms with Gasteiger partial charge >= 0.3 is 0 Å². The molecule has 1 aromatic rings. The van der Waals surface area contributed by atoms with Gasteiger partial charge in [-0.05, 0) is 6.07 Å². The highest BCUT2D eigenvalue weighted by Crippen LogP contribution is 2.17. The molecule has 0 bridgehead atoms. The van der Waals surface area contributed by atoms with Crippen molar-refractivity contribution >= 4 is 21.6 Å². The summed E-state index contributed by atoms with van der Waals surface area (Å²) in [5.41, 5.74) is 0.421. The van der Waals surface area contributed by atoms with Gasteiger partial charge in [0.25, 0.3) is 0 Å². The highest BCUT2D eigenvalue weighted by Gasteiger charge is 2.12. The summed E-state index contributed by atoms with van der Waals surface area (Å²) in [6.07, 6.45) is 0. The standard InChI is InChI=1S/C11H16ClFN2O2S/c1-15(2)18(16,17)7-6-14-8-9-4-3-5-10(12)11(9)13/h3-5,14H,6-8H2,1-2H3. The lowest BCUT2D eigenvalue weighted by atomic mass is 10.2. The summed E-state index contributed by atoms with van der Waals surface area (Å²) in [6.45, 7) is 0.502. The van der Waals surface area contributed by atoms with Crippen LogP contribution >= 0.6 is 11.6 Å². The zero-order valence-corrected chi connectivity index (χ0v) is 11.9. The largest absolute Gasteiger partial charge is 0.312 e. The third-order valence-electron chi connectivity index (χ3n) is 2.44. The van der Waals surface area contributed by atoms with Crippen LogP contribution in [0.2, 0.25) is 5.02 Å². The molecule has 0 aliphatic heterocycles. The molecule has 18 heavy (non-hydrogen) atoms. The van der Waals surface area contributed by atoms with Crippen molar-refractivity contribution in [3.05, 3.63) is 34.6 Å². The molecular formula is C11H16ClFN2O2S. The Kier molecular flexibility index (Phi) is 5.52. The summed E-state index contributed by atoms with van der Waals surface area (Å²) in [5, 5.41) is 2.94. The van der Waals surface area contributed by atoms with E-state index in [2.05, 4.69) is 5.32 Å². The molecule has 1 aromatic carbocycles. The van der Waals surface area contributed by atoms with Gasteiger partial charge in [-0.2, -0.15) is 0 Å². The summed E-state index contributed by atoms with van der Waals surface area (Å²) in [5.74, 6) is -0.496. The molecule has 0 saturated carbocycles. The monoisotopic (exact) mass is 294 g/mol. The number of nitrogens with zero attached hydrogens (tertiary/aromatic N) is 1. The normalized spacial score (nSPS) is 12.1. The van der Waals surface area contributed by atoms with Gasteiger partial charge in [-0.3, -0.25) is 0 Å². The third kappa shape index (κ3) is 4.20. The molecule has 0 unspecified atom stereocenters. The highest BCUT2D eigenvalue weighted by molar-refractivity contribution is 7.89. The topological polar surface area (TPSA) is 49.4 Å². The first-order valence-corrected chi connectivity index (χ1v) is 7.37. The molecule has 0 aromatic heterocycles. The summed E-state index contributed by atoms with van der Waals surface area (Å²) in [7, 11) is -0.264. The molecule has 0 aliphatic carbocycles. The first-order valence-electron chi connectivity index (χ1n) is 5.38. The quantitative estimate of drug-likeness (QED) is 0.808. The maximum absolute atomic E-state index is 13.5. The molecule has 102 valence electrons. The number of rotatable bonds is 6. The van der Waals surface area contributed by atoms with Crippen LogP contribution in [0.25, 0.3) is 0 Å². The van der Waals surface area contributed by atoms with E-state index < -0.39 is 15.8 Å². The lowest BCUT2D eigenvalue weighted by molar-refractivity contribution is 0.516. The van der Waals surface area contributed by atoms with E-state index in [1.165, 1.54) is 20.2 Å². The minimum absolute atomic E-state index is 0.0256. The van der Waals surface area contributed by atoms with E-state index in [0.717, 1.165) is 4.31 Å². The van der Waals surface area contributed by atoms with Crippen LogP contribution in [0, 0.1) is 5.82 Å². The number of hydrogen-bond donors (Lipinski definition) is 1. The van der Waals surface area contributed by atoms with E-state index in [9.17, 15) is 12.8 Å². The summed E-state index contributed by atoms with van der Waals surface area (Å²) in [6, 6.07) is 4.73. The lowest BCUT2D eigenvalue weighted by Crippen LogP contribution is -2.31. The van der Waals surface area contributed by atoms with Gasteiger partial charge in [0.1, 0.15) is 5.82 Å². The first-order chi connectivity index (χ1) is 8.34. The second-order valence-corrected chi connectivity index (χ2v) is 6.70. The van der Waals surface area contributed by atoms with Crippen LogP contribution in [0.3, 0.4) is 0 Å². The summed E-state index contributed by atoms with van der Waals surface area (Å²) in [4.78, 5) is 0. The van der Waals surface area contributed by atoms with Crippen LogP contribution in [0.4, 0.5) is 4.39 Å². The molecular weight excluding hydrogens is 279 g/mol. The van der Waals surface area contributed by atoms with Crippen LogP contribution < -0.4 is 5.32 Å². The first kappa shape index (κ1) is 15.4. The zero-order chi connectivity index (χ0) is 13.8. The van der Waals surface area contributed by atoms with Crippen molar-refractivity contribution in [2.75, 3.05) is 26.4 Å². The van der Waals surface area contributed by atoms with Crippen molar-refractivity contribution < 1.29 is 12.8 Å². The summed E-state index contributed by atoms with van der Waals surface area (Å²) >= 11 is 5.64. The average molecular weight is 295 g/mol. The molecule has 0 amide bonds. The SMILES string of the molecule is CN(C)S(=O)(=O)CCNCc1cccc(Cl)c1F. The van der Waals surface area contributed by atoms with Crippen LogP contribution in [-0.2, 0) is 16.6 Å². The smallest absolute Gasteiger partial charge is 0.214 e. The molecule has 0 atom stereocenters. The number of benzene rings is 1. The molecule has 0 spiro atoms. The van der Waals surface area contributed by atoms with E-state index in [4.69, 9.17) is 11.6 Å². The van der Waals surface area contributed by atoms with Gasteiger partial charge in [0.2, 0.25) is 10.0 Å². The molecule has 1 N–H and O–H groups in total. The lowest BCUT2D eigenvalue weighted by Gasteiger charge is -2.11. The Bertz CT molecular complexity index is 506. The van der Waals surface area contributed by atoms with Crippen LogP contribution in [0.1, 0.15) is 5.56 Å². The molecule has 1 rings (SSSR count). The van der Waals surface area contributed by atoms with Crippen LogP contribution in [0.5, 0.6) is 0 Å². The molecule has 7 heteroatoms. The van der Waals surface area contributed by atoms with Gasteiger partial charge in [0, 0.05) is 32.7 Å². The number of halogens is 2. The van der Waals surface area contributed by atoms with Crippen molar-refractivity contribution in [1.29, 1.82) is 0 Å². The molecule has 0 aliphatic rings. The molecule has 0 radical (unpaired) electrons. The highest BCUT2D eigenvalue weighted by atomic mass is 35.5. The maximum atomic E-state index is 13.5. The Morgan fingerprint density at radius 3 is 2.67 bits per heavy atom. The van der Waals surface area contributed by atoms with E-state index in [1.54, 1.807) is 12.1 Å². The molecule has 0 saturated heterocycles. The third-order valence-corrected chi connectivity index (χ3v) is 4.56. The van der Waals surface area contributed by atoms with Gasteiger partial charge in [-0.25, -0.2) is 17.1 Å². The predicted molar refractivity (Wildman–Crippen MR) is 70.6 cm³/mol. The number of nitrogens with one attached hydrogen (secondary N) is 1. The molecule has 4 nitrogen and oxygen atoms in total. The minimum Gasteiger partial charge on any atom is -0.312 e. The van der Waals surface area contributed by atoms with Gasteiger partial charge in [-0.15, -0.1) is 0 Å². The number of hydrogen-bond acceptors (Lipinski definition) is 3. The van der Waals surface area contributed by atoms with Gasteiger partial charge in [0.15, 0.2) is 0 Å². The van der Waals surface area contributed by atoms with Crippen molar-refractivity contribution in [2.24, 2.45) is 0 Å². The molecule has 0 fully saturated rings. The Balaban J connectivity index is 2.46. The van der Waals surface area contributed by atoms with Gasteiger partial charge in [-0.1, -0.05) is 23.7 Å². The average Bonchev–Trinajstić information content (AvgIpc) is 2.29. The Hall–Kier alpha value is -0.690. The van der Waals surface area contributed by atoms with Crippen molar-refractivity contribution in [2.45, 2.75) is 6.54 Å². The Morgan fingerprint density at radius 2 is 2.06 bits per heavy atom. The zero-order valence-electron chi connectivity index (χ0n) is 10.3. The van der Waals surface area contributed by atoms with E-state index >= 15 is 0 Å². The fourth-order valence-corrected chi connectivity index (χ4v) is 2.25. The van der Waals surface area contributed by atoms with Gasteiger partial charge in [0.05, 0.1) is 10.8 Å².